The number of quaternary nitrogens is 1. The minimum absolute atomic E-state index is 0.0365. The predicted molar refractivity (Wildman–Crippen MR) is 105 cm³/mol. The third-order valence-corrected chi connectivity index (χ3v) is 7.29. The summed E-state index contributed by atoms with van der Waals surface area (Å²) in [5.74, 6) is 0.992. The zero-order valence-corrected chi connectivity index (χ0v) is 16.5. The highest BCUT2D eigenvalue weighted by Crippen LogP contribution is 2.43. The van der Waals surface area contributed by atoms with Crippen molar-refractivity contribution in [1.82, 2.24) is 4.90 Å². The Morgan fingerprint density at radius 1 is 1.26 bits per heavy atom. The maximum Gasteiger partial charge on any atom is 0.248 e. The molecule has 1 aromatic rings. The molecule has 4 heterocycles. The average Bonchev–Trinajstić information content (AvgIpc) is 3.21. The number of rotatable bonds is 3. The van der Waals surface area contributed by atoms with Gasteiger partial charge in [0, 0.05) is 26.1 Å². The molecule has 5 nitrogen and oxygen atoms in total. The van der Waals surface area contributed by atoms with E-state index in [9.17, 15) is 0 Å². The predicted octanol–water partition coefficient (Wildman–Crippen LogP) is 3.24. The summed E-state index contributed by atoms with van der Waals surface area (Å²) < 4.78 is 13.2. The Labute approximate surface area is 162 Å². The summed E-state index contributed by atoms with van der Waals surface area (Å²) in [5.41, 5.74) is 2.77. The van der Waals surface area contributed by atoms with Crippen molar-refractivity contribution in [3.63, 3.8) is 0 Å². The van der Waals surface area contributed by atoms with Gasteiger partial charge in [0.1, 0.15) is 19.2 Å². The van der Waals surface area contributed by atoms with Crippen molar-refractivity contribution in [1.29, 1.82) is 0 Å². The van der Waals surface area contributed by atoms with Crippen LogP contribution < -0.4 is 0 Å². The highest BCUT2D eigenvalue weighted by molar-refractivity contribution is 5.77. The maximum atomic E-state index is 6.27. The van der Waals surface area contributed by atoms with Crippen LogP contribution in [0.25, 0.3) is 0 Å². The summed E-state index contributed by atoms with van der Waals surface area (Å²) in [6.07, 6.45) is 7.14. The van der Waals surface area contributed by atoms with Crippen molar-refractivity contribution in [3.8, 4) is 0 Å². The van der Waals surface area contributed by atoms with Crippen molar-refractivity contribution >= 4 is 5.90 Å². The maximum absolute atomic E-state index is 6.27. The second kappa shape index (κ2) is 6.87. The Hall–Kier alpha value is -1.43. The zero-order chi connectivity index (χ0) is 18.3. The number of piperidine rings is 2. The van der Waals surface area contributed by atoms with Crippen LogP contribution in [0.1, 0.15) is 49.7 Å². The summed E-state index contributed by atoms with van der Waals surface area (Å²) >= 11 is 0. The second-order valence-corrected chi connectivity index (χ2v) is 8.92. The molecule has 2 fully saturated rings. The minimum atomic E-state index is -0.0365. The first-order valence-electron chi connectivity index (χ1n) is 10.7. The lowest BCUT2D eigenvalue weighted by atomic mass is 9.84. The summed E-state index contributed by atoms with van der Waals surface area (Å²) in [6, 6.07) is 9.40. The van der Waals surface area contributed by atoms with Gasteiger partial charge in [0.25, 0.3) is 0 Å². The van der Waals surface area contributed by atoms with Gasteiger partial charge >= 0.3 is 0 Å². The molecule has 2 unspecified atom stereocenters. The molecule has 0 bridgehead atoms. The molecule has 4 aliphatic heterocycles. The van der Waals surface area contributed by atoms with Gasteiger partial charge in [0.2, 0.25) is 5.90 Å². The second-order valence-electron chi connectivity index (χ2n) is 8.92. The molecule has 0 aromatic heterocycles. The normalized spacial score (nSPS) is 32.2. The first-order chi connectivity index (χ1) is 13.2. The lowest BCUT2D eigenvalue weighted by Crippen LogP contribution is -2.47. The minimum Gasteiger partial charge on any atom is -0.476 e. The van der Waals surface area contributed by atoms with Gasteiger partial charge in [-0.25, -0.2) is 0 Å². The van der Waals surface area contributed by atoms with Gasteiger partial charge in [-0.1, -0.05) is 24.3 Å². The van der Waals surface area contributed by atoms with Crippen LogP contribution in [0.4, 0.5) is 0 Å². The largest absolute Gasteiger partial charge is 0.476 e. The third kappa shape index (κ3) is 3.20. The van der Waals surface area contributed by atoms with Crippen LogP contribution in [0.3, 0.4) is 0 Å². The van der Waals surface area contributed by atoms with Gasteiger partial charge in [-0.3, -0.25) is 4.90 Å². The molecule has 2 atom stereocenters. The van der Waals surface area contributed by atoms with Crippen LogP contribution in [0.15, 0.2) is 29.4 Å². The van der Waals surface area contributed by atoms with E-state index in [1.54, 1.807) is 0 Å². The Morgan fingerprint density at radius 3 is 2.96 bits per heavy atom. The highest BCUT2D eigenvalue weighted by atomic mass is 16.5. The lowest BCUT2D eigenvalue weighted by Gasteiger charge is -2.39. The molecule has 0 amide bonds. The lowest BCUT2D eigenvalue weighted by molar-refractivity contribution is -0.938. The quantitative estimate of drug-likeness (QED) is 0.766. The van der Waals surface area contributed by atoms with Gasteiger partial charge in [-0.05, 0) is 41.9 Å². The monoisotopic (exact) mass is 370 g/mol. The summed E-state index contributed by atoms with van der Waals surface area (Å²) in [5, 5.41) is 4.90. The molecule has 1 spiro atoms. The standard InChI is InChI=1S/C22H32N3O2/c1-25-14-5-4-7-19(25)16-21(23-25)26-15-13-24-11-9-22(10-12-24)20-8-3-2-6-18(20)17-27-22/h2-3,6,8,19H,4-5,7,9-17H2,1H3/q+1. The van der Waals surface area contributed by atoms with Gasteiger partial charge in [-0.15, -0.1) is 0 Å². The van der Waals surface area contributed by atoms with Crippen LogP contribution in [-0.4, -0.2) is 61.3 Å². The smallest absolute Gasteiger partial charge is 0.248 e. The van der Waals surface area contributed by atoms with E-state index in [4.69, 9.17) is 14.6 Å². The van der Waals surface area contributed by atoms with Crippen LogP contribution in [0.2, 0.25) is 0 Å². The molecule has 0 saturated carbocycles. The van der Waals surface area contributed by atoms with E-state index in [0.717, 1.165) is 62.6 Å². The fourth-order valence-electron chi connectivity index (χ4n) is 5.52. The Balaban J connectivity index is 1.11. The zero-order valence-electron chi connectivity index (χ0n) is 16.5. The molecule has 5 rings (SSSR count). The Morgan fingerprint density at radius 2 is 2.11 bits per heavy atom. The molecule has 1 aromatic carbocycles. The number of benzene rings is 1. The summed E-state index contributed by atoms with van der Waals surface area (Å²) in [6.45, 7) is 5.87. The fourth-order valence-corrected chi connectivity index (χ4v) is 5.52. The Bertz CT molecular complexity index is 726. The summed E-state index contributed by atoms with van der Waals surface area (Å²) in [7, 11) is 2.27. The van der Waals surface area contributed by atoms with Gasteiger partial charge in [0.05, 0.1) is 25.7 Å². The van der Waals surface area contributed by atoms with Crippen LogP contribution in [0, 0.1) is 0 Å². The highest BCUT2D eigenvalue weighted by Gasteiger charge is 2.44. The van der Waals surface area contributed by atoms with Crippen LogP contribution in [0.5, 0.6) is 0 Å². The Kier molecular flexibility index (Phi) is 4.49. The first kappa shape index (κ1) is 17.7. The summed E-state index contributed by atoms with van der Waals surface area (Å²) in [4.78, 5) is 2.52. The molecule has 146 valence electrons. The fraction of sp³-hybridized carbons (Fsp3) is 0.682. The number of hydrogen-bond donors (Lipinski definition) is 0. The number of nitrogens with zero attached hydrogens (tertiary/aromatic N) is 3. The molecule has 5 heteroatoms. The SMILES string of the molecule is C[N+]12CCCCC1CC(OCCN1CCC3(CC1)OCc1ccccc13)=N2. The number of likely N-dealkylation sites (tertiary alicyclic amines) is 1. The van der Waals surface area contributed by atoms with Crippen molar-refractivity contribution in [2.75, 3.05) is 39.8 Å². The molecule has 0 aliphatic carbocycles. The number of ether oxygens (including phenoxy) is 2. The molecule has 2 saturated heterocycles. The van der Waals surface area contributed by atoms with Crippen molar-refractivity contribution in [2.24, 2.45) is 5.10 Å². The molecule has 0 N–H and O–H groups in total. The van der Waals surface area contributed by atoms with E-state index in [0.29, 0.717) is 6.04 Å². The van der Waals surface area contributed by atoms with Crippen molar-refractivity contribution in [2.45, 2.75) is 56.8 Å². The van der Waals surface area contributed by atoms with Crippen molar-refractivity contribution < 1.29 is 14.1 Å². The number of hydrogen-bond acceptors (Lipinski definition) is 4. The van der Waals surface area contributed by atoms with E-state index in [1.807, 2.05) is 0 Å². The van der Waals surface area contributed by atoms with Crippen LogP contribution >= 0.6 is 0 Å². The van der Waals surface area contributed by atoms with E-state index < -0.39 is 0 Å². The van der Waals surface area contributed by atoms with E-state index >= 15 is 0 Å². The third-order valence-electron chi connectivity index (χ3n) is 7.29. The number of fused-ring (bicyclic) bond motifs is 3. The van der Waals surface area contributed by atoms with E-state index in [-0.39, 0.29) is 5.60 Å². The topological polar surface area (TPSA) is 34.1 Å². The average molecular weight is 371 g/mol. The van der Waals surface area contributed by atoms with E-state index in [2.05, 4.69) is 36.2 Å². The molecule has 4 aliphatic rings. The van der Waals surface area contributed by atoms with E-state index in [1.165, 1.54) is 36.9 Å². The molecular formula is C22H32N3O2+. The first-order valence-corrected chi connectivity index (χ1v) is 10.7. The van der Waals surface area contributed by atoms with Crippen LogP contribution in [-0.2, 0) is 21.7 Å². The van der Waals surface area contributed by atoms with Gasteiger partial charge < -0.3 is 9.47 Å². The van der Waals surface area contributed by atoms with Gasteiger partial charge in [-0.2, -0.15) is 4.59 Å². The molecule has 0 radical (unpaired) electrons. The molecule has 27 heavy (non-hydrogen) atoms. The van der Waals surface area contributed by atoms with Crippen molar-refractivity contribution in [3.05, 3.63) is 35.4 Å². The molecular weight excluding hydrogens is 338 g/mol. The van der Waals surface area contributed by atoms with Gasteiger partial charge in [0.15, 0.2) is 0 Å².